The van der Waals surface area contributed by atoms with E-state index in [9.17, 15) is 0 Å². The third-order valence-corrected chi connectivity index (χ3v) is 5.10. The summed E-state index contributed by atoms with van der Waals surface area (Å²) in [6, 6.07) is 10.0. The highest BCUT2D eigenvalue weighted by Gasteiger charge is 2.09. The van der Waals surface area contributed by atoms with Crippen molar-refractivity contribution in [1.82, 2.24) is 25.0 Å². The summed E-state index contributed by atoms with van der Waals surface area (Å²) in [5, 5.41) is 16.3. The van der Waals surface area contributed by atoms with Gasteiger partial charge in [-0.05, 0) is 19.1 Å². The molecule has 5 nitrogen and oxygen atoms in total. The highest BCUT2D eigenvalue weighted by atomic mass is 32.2. The van der Waals surface area contributed by atoms with Crippen molar-refractivity contribution in [3.63, 3.8) is 0 Å². The van der Waals surface area contributed by atoms with Gasteiger partial charge in [-0.1, -0.05) is 53.4 Å². The molecule has 0 saturated carbocycles. The molecule has 8 heteroatoms. The fourth-order valence-electron chi connectivity index (χ4n) is 1.89. The molecule has 21 heavy (non-hydrogen) atoms. The van der Waals surface area contributed by atoms with Crippen molar-refractivity contribution in [2.75, 3.05) is 5.75 Å². The normalized spacial score (nSPS) is 10.9. The lowest BCUT2D eigenvalue weighted by Gasteiger charge is -2.05. The molecule has 0 aliphatic heterocycles. The van der Waals surface area contributed by atoms with Gasteiger partial charge >= 0.3 is 0 Å². The van der Waals surface area contributed by atoms with Gasteiger partial charge in [-0.15, -0.1) is 10.2 Å². The van der Waals surface area contributed by atoms with E-state index in [1.54, 1.807) is 23.1 Å². The van der Waals surface area contributed by atoms with Crippen LogP contribution < -0.4 is 0 Å². The second-order valence-corrected chi connectivity index (χ2v) is 7.22. The second-order valence-electron chi connectivity index (χ2n) is 4.31. The summed E-state index contributed by atoms with van der Waals surface area (Å²) in [4.78, 5) is 0. The lowest BCUT2D eigenvalue weighted by atomic mass is 10.2. The zero-order valence-corrected chi connectivity index (χ0v) is 13.8. The van der Waals surface area contributed by atoms with Crippen LogP contribution in [-0.4, -0.2) is 30.7 Å². The second kappa shape index (κ2) is 6.50. The van der Waals surface area contributed by atoms with Crippen LogP contribution in [0.2, 0.25) is 0 Å². The number of nitrogens with zero attached hydrogens (tertiary/aromatic N) is 4. The molecule has 2 heterocycles. The minimum Gasteiger partial charge on any atom is -0.299 e. The van der Waals surface area contributed by atoms with Crippen LogP contribution in [0.1, 0.15) is 5.01 Å². The van der Waals surface area contributed by atoms with Crippen molar-refractivity contribution in [3.8, 4) is 11.4 Å². The van der Waals surface area contributed by atoms with Gasteiger partial charge in [0.25, 0.3) is 0 Å². The molecule has 0 spiro atoms. The van der Waals surface area contributed by atoms with Crippen molar-refractivity contribution < 1.29 is 0 Å². The Morgan fingerprint density at radius 2 is 2.10 bits per heavy atom. The molecule has 0 atom stereocenters. The topological polar surface area (TPSA) is 59.4 Å². The van der Waals surface area contributed by atoms with Crippen LogP contribution in [0, 0.1) is 11.7 Å². The minimum absolute atomic E-state index is 0.642. The zero-order chi connectivity index (χ0) is 14.7. The van der Waals surface area contributed by atoms with Crippen molar-refractivity contribution in [2.45, 2.75) is 17.8 Å². The maximum atomic E-state index is 5.32. The minimum atomic E-state index is 0.642. The van der Waals surface area contributed by atoms with Crippen molar-refractivity contribution in [2.24, 2.45) is 0 Å². The first-order chi connectivity index (χ1) is 10.2. The number of aromatic nitrogens is 5. The first-order valence-electron chi connectivity index (χ1n) is 6.37. The predicted octanol–water partition coefficient (Wildman–Crippen LogP) is 3.56. The maximum absolute atomic E-state index is 5.32. The Morgan fingerprint density at radius 1 is 1.29 bits per heavy atom. The molecule has 0 bridgehead atoms. The van der Waals surface area contributed by atoms with Gasteiger partial charge in [0, 0.05) is 17.9 Å². The largest absolute Gasteiger partial charge is 0.299 e. The monoisotopic (exact) mass is 335 g/mol. The average molecular weight is 335 g/mol. The molecule has 0 aliphatic carbocycles. The molecule has 1 aromatic carbocycles. The summed E-state index contributed by atoms with van der Waals surface area (Å²) >= 11 is 8.62. The number of aromatic amines is 1. The highest BCUT2D eigenvalue weighted by Crippen LogP contribution is 2.23. The summed E-state index contributed by atoms with van der Waals surface area (Å²) in [6.07, 6.45) is 0. The lowest BCUT2D eigenvalue weighted by Crippen LogP contribution is -2.03. The van der Waals surface area contributed by atoms with Crippen LogP contribution in [0.25, 0.3) is 11.4 Å². The smallest absolute Gasteiger partial charge is 0.195 e. The van der Waals surface area contributed by atoms with E-state index >= 15 is 0 Å². The van der Waals surface area contributed by atoms with E-state index in [1.165, 1.54) is 0 Å². The molecular weight excluding hydrogens is 322 g/mol. The Bertz CT molecular complexity index is 774. The molecule has 0 fully saturated rings. The van der Waals surface area contributed by atoms with Gasteiger partial charge in [-0.3, -0.25) is 9.67 Å². The third kappa shape index (κ3) is 3.39. The van der Waals surface area contributed by atoms with Crippen LogP contribution in [0.5, 0.6) is 0 Å². The summed E-state index contributed by atoms with van der Waals surface area (Å²) in [5.41, 5.74) is 1.06. The fraction of sp³-hybridized carbons (Fsp3) is 0.231. The number of aryl methyl sites for hydroxylation is 1. The number of hydrogen-bond acceptors (Lipinski definition) is 6. The van der Waals surface area contributed by atoms with Crippen molar-refractivity contribution in [3.05, 3.63) is 40.1 Å². The van der Waals surface area contributed by atoms with E-state index in [2.05, 4.69) is 20.4 Å². The van der Waals surface area contributed by atoms with Crippen LogP contribution in [-0.2, 0) is 6.54 Å². The Morgan fingerprint density at radius 3 is 2.81 bits per heavy atom. The number of rotatable bonds is 5. The Balaban J connectivity index is 1.74. The van der Waals surface area contributed by atoms with Gasteiger partial charge < -0.3 is 0 Å². The predicted molar refractivity (Wildman–Crippen MR) is 88.2 cm³/mol. The van der Waals surface area contributed by atoms with Gasteiger partial charge in [0.2, 0.25) is 0 Å². The van der Waals surface area contributed by atoms with Crippen LogP contribution in [0.15, 0.2) is 34.7 Å². The van der Waals surface area contributed by atoms with Crippen molar-refractivity contribution >= 4 is 35.3 Å². The summed E-state index contributed by atoms with van der Waals surface area (Å²) in [5.74, 6) is 1.75. The molecule has 1 N–H and O–H groups in total. The summed E-state index contributed by atoms with van der Waals surface area (Å²) < 4.78 is 3.65. The molecule has 0 radical (unpaired) electrons. The molecule has 3 aromatic rings. The van der Waals surface area contributed by atoms with Crippen LogP contribution in [0.4, 0.5) is 0 Å². The highest BCUT2D eigenvalue weighted by molar-refractivity contribution is 8.01. The van der Waals surface area contributed by atoms with Gasteiger partial charge in [0.1, 0.15) is 5.01 Å². The standard InChI is InChI=1S/C13H13N5S3/c1-9-14-17-13(21-9)20-8-7-18-11(15-16-12(18)19)10-5-3-2-4-6-10/h2-6H,7-8H2,1H3,(H,16,19). The summed E-state index contributed by atoms with van der Waals surface area (Å²) in [6.45, 7) is 2.74. The quantitative estimate of drug-likeness (QED) is 0.571. The van der Waals surface area contributed by atoms with Gasteiger partial charge in [-0.25, -0.2) is 0 Å². The Labute approximate surface area is 135 Å². The van der Waals surface area contributed by atoms with Gasteiger partial charge in [-0.2, -0.15) is 5.10 Å². The van der Waals surface area contributed by atoms with Gasteiger partial charge in [0.05, 0.1) is 0 Å². The number of nitrogens with one attached hydrogen (secondary N) is 1. The summed E-state index contributed by atoms with van der Waals surface area (Å²) in [7, 11) is 0. The Hall–Kier alpha value is -1.51. The van der Waals surface area contributed by atoms with Gasteiger partial charge in [0.15, 0.2) is 14.9 Å². The third-order valence-electron chi connectivity index (χ3n) is 2.84. The van der Waals surface area contributed by atoms with E-state index < -0.39 is 0 Å². The molecule has 0 amide bonds. The van der Waals surface area contributed by atoms with Crippen molar-refractivity contribution in [1.29, 1.82) is 0 Å². The molecule has 2 aromatic heterocycles. The van der Waals surface area contributed by atoms with E-state index in [4.69, 9.17) is 12.2 Å². The Kier molecular flexibility index (Phi) is 4.47. The number of H-pyrrole nitrogens is 1. The number of thioether (sulfide) groups is 1. The average Bonchev–Trinajstić information content (AvgIpc) is 3.07. The number of hydrogen-bond donors (Lipinski definition) is 1. The first-order valence-corrected chi connectivity index (χ1v) is 8.58. The van der Waals surface area contributed by atoms with E-state index in [-0.39, 0.29) is 0 Å². The molecule has 0 saturated heterocycles. The SMILES string of the molecule is Cc1nnc(SCCn2c(-c3ccccc3)n[nH]c2=S)s1. The van der Waals surface area contributed by atoms with E-state index in [0.717, 1.165) is 33.0 Å². The molecule has 108 valence electrons. The zero-order valence-electron chi connectivity index (χ0n) is 11.3. The lowest BCUT2D eigenvalue weighted by molar-refractivity contribution is 0.764. The van der Waals surface area contributed by atoms with Crippen LogP contribution >= 0.6 is 35.3 Å². The molecule has 0 aliphatic rings. The molecule has 0 unspecified atom stereocenters. The molecule has 3 rings (SSSR count). The number of benzene rings is 1. The van der Waals surface area contributed by atoms with E-state index in [1.807, 2.05) is 41.8 Å². The maximum Gasteiger partial charge on any atom is 0.195 e. The van der Waals surface area contributed by atoms with Crippen LogP contribution in [0.3, 0.4) is 0 Å². The first kappa shape index (κ1) is 14.4. The van der Waals surface area contributed by atoms with E-state index in [0.29, 0.717) is 4.77 Å². The molecular formula is C13H13N5S3. The fourth-order valence-corrected chi connectivity index (χ4v) is 3.93.